The highest BCUT2D eigenvalue weighted by atomic mass is 35.5. The van der Waals surface area contributed by atoms with E-state index >= 15 is 0 Å². The van der Waals surface area contributed by atoms with Crippen molar-refractivity contribution in [2.24, 2.45) is 5.41 Å². The van der Waals surface area contributed by atoms with Gasteiger partial charge >= 0.3 is 0 Å². The number of allylic oxidation sites excluding steroid dienone is 1. The van der Waals surface area contributed by atoms with E-state index in [4.69, 9.17) is 11.6 Å². The second kappa shape index (κ2) is 5.51. The van der Waals surface area contributed by atoms with E-state index in [1.807, 2.05) is 42.5 Å². The average molecular weight is 239 g/mol. The lowest BCUT2D eigenvalue weighted by Crippen LogP contribution is -2.11. The fourth-order valence-electron chi connectivity index (χ4n) is 1.32. The second-order valence-electron chi connectivity index (χ2n) is 5.03. The minimum absolute atomic E-state index is 0.0869. The van der Waals surface area contributed by atoms with Gasteiger partial charge in [-0.05, 0) is 11.0 Å². The first-order valence-corrected chi connectivity index (χ1v) is 5.90. The molecule has 0 saturated carbocycles. The molecule has 16 heavy (non-hydrogen) atoms. The van der Waals surface area contributed by atoms with Crippen molar-refractivity contribution in [1.29, 1.82) is 0 Å². The summed E-state index contributed by atoms with van der Waals surface area (Å²) < 4.78 is 0. The van der Waals surface area contributed by atoms with Gasteiger partial charge in [0.05, 0.1) is 11.5 Å². The Morgan fingerprint density at radius 3 is 2.25 bits per heavy atom. The molecule has 0 heterocycles. The van der Waals surface area contributed by atoms with Crippen molar-refractivity contribution in [3.63, 3.8) is 0 Å². The van der Waals surface area contributed by atoms with E-state index in [1.165, 1.54) is 0 Å². The molecule has 0 aliphatic heterocycles. The third-order valence-electron chi connectivity index (χ3n) is 2.22. The minimum Gasteiger partial charge on any atom is -0.387 e. The molecule has 88 valence electrons. The summed E-state index contributed by atoms with van der Waals surface area (Å²) in [5.74, 6) is 0. The van der Waals surface area contributed by atoms with E-state index in [-0.39, 0.29) is 10.8 Å². The zero-order valence-electron chi connectivity index (χ0n) is 10.0. The number of hydrogen-bond donors (Lipinski definition) is 1. The van der Waals surface area contributed by atoms with Crippen molar-refractivity contribution in [2.75, 3.05) is 0 Å². The lowest BCUT2D eigenvalue weighted by atomic mass is 9.95. The van der Waals surface area contributed by atoms with Crippen molar-refractivity contribution >= 4 is 11.6 Å². The standard InChI is InChI=1S/C14H19ClO/c1-14(2,3)10-9-12(15)13(16)11-7-5-4-6-8-11/h4-10,12-13,16H,1-3H3/b10-9+. The molecule has 2 unspecified atom stereocenters. The summed E-state index contributed by atoms with van der Waals surface area (Å²) in [7, 11) is 0. The molecule has 0 radical (unpaired) electrons. The van der Waals surface area contributed by atoms with Gasteiger partial charge in [-0.3, -0.25) is 0 Å². The number of aliphatic hydroxyl groups is 1. The fourth-order valence-corrected chi connectivity index (χ4v) is 1.54. The highest BCUT2D eigenvalue weighted by Gasteiger charge is 2.16. The highest BCUT2D eigenvalue weighted by Crippen LogP contribution is 2.24. The van der Waals surface area contributed by atoms with Gasteiger partial charge in [0.1, 0.15) is 0 Å². The Morgan fingerprint density at radius 1 is 1.19 bits per heavy atom. The first kappa shape index (κ1) is 13.3. The Kier molecular flexibility index (Phi) is 4.57. The summed E-state index contributed by atoms with van der Waals surface area (Å²) in [6.45, 7) is 6.30. The van der Waals surface area contributed by atoms with E-state index in [9.17, 15) is 5.11 Å². The second-order valence-corrected chi connectivity index (χ2v) is 5.53. The monoisotopic (exact) mass is 238 g/mol. The lowest BCUT2D eigenvalue weighted by molar-refractivity contribution is 0.184. The Morgan fingerprint density at radius 2 is 1.75 bits per heavy atom. The summed E-state index contributed by atoms with van der Waals surface area (Å²) in [6.07, 6.45) is 3.23. The van der Waals surface area contributed by atoms with Crippen LogP contribution in [0, 0.1) is 5.41 Å². The first-order chi connectivity index (χ1) is 7.40. The van der Waals surface area contributed by atoms with Gasteiger partial charge in [0.15, 0.2) is 0 Å². The van der Waals surface area contributed by atoms with Gasteiger partial charge in [0.2, 0.25) is 0 Å². The predicted molar refractivity (Wildman–Crippen MR) is 69.6 cm³/mol. The van der Waals surface area contributed by atoms with Crippen LogP contribution in [-0.4, -0.2) is 10.5 Å². The van der Waals surface area contributed by atoms with Gasteiger partial charge < -0.3 is 5.11 Å². The lowest BCUT2D eigenvalue weighted by Gasteiger charge is -2.17. The number of alkyl halides is 1. The summed E-state index contributed by atoms with van der Waals surface area (Å²) in [6, 6.07) is 9.48. The maximum Gasteiger partial charge on any atom is 0.0988 e. The molecule has 0 fully saturated rings. The fraction of sp³-hybridized carbons (Fsp3) is 0.429. The van der Waals surface area contributed by atoms with Gasteiger partial charge in [0, 0.05) is 0 Å². The molecule has 1 aromatic rings. The zero-order valence-corrected chi connectivity index (χ0v) is 10.8. The molecule has 1 nitrogen and oxygen atoms in total. The van der Waals surface area contributed by atoms with Gasteiger partial charge in [-0.25, -0.2) is 0 Å². The Hall–Kier alpha value is -0.790. The molecular weight excluding hydrogens is 220 g/mol. The molecule has 0 saturated heterocycles. The number of rotatable bonds is 3. The van der Waals surface area contributed by atoms with Crippen molar-refractivity contribution < 1.29 is 5.11 Å². The Balaban J connectivity index is 2.69. The third kappa shape index (κ3) is 4.38. The molecule has 0 aromatic heterocycles. The topological polar surface area (TPSA) is 20.2 Å². The normalized spacial score (nSPS) is 16.3. The number of halogens is 1. The van der Waals surface area contributed by atoms with E-state index in [0.717, 1.165) is 5.56 Å². The first-order valence-electron chi connectivity index (χ1n) is 5.46. The smallest absolute Gasteiger partial charge is 0.0988 e. The quantitative estimate of drug-likeness (QED) is 0.625. The van der Waals surface area contributed by atoms with Gasteiger partial charge in [0.25, 0.3) is 0 Å². The zero-order chi connectivity index (χ0) is 12.2. The largest absolute Gasteiger partial charge is 0.387 e. The molecule has 1 N–H and O–H groups in total. The van der Waals surface area contributed by atoms with Crippen molar-refractivity contribution in [2.45, 2.75) is 32.3 Å². The number of aliphatic hydroxyl groups excluding tert-OH is 1. The van der Waals surface area contributed by atoms with E-state index in [1.54, 1.807) is 0 Å². The molecule has 0 amide bonds. The van der Waals surface area contributed by atoms with Crippen molar-refractivity contribution in [1.82, 2.24) is 0 Å². The summed E-state index contributed by atoms with van der Waals surface area (Å²) in [5, 5.41) is 9.62. The van der Waals surface area contributed by atoms with Crippen LogP contribution in [-0.2, 0) is 0 Å². The summed E-state index contributed by atoms with van der Waals surface area (Å²) in [4.78, 5) is 0. The van der Waals surface area contributed by atoms with E-state index in [0.29, 0.717) is 0 Å². The molecule has 2 atom stereocenters. The van der Waals surface area contributed by atoms with Crippen LogP contribution in [0.4, 0.5) is 0 Å². The van der Waals surface area contributed by atoms with Crippen LogP contribution in [0.1, 0.15) is 32.4 Å². The summed E-state index contributed by atoms with van der Waals surface area (Å²) in [5.41, 5.74) is 0.935. The Labute approximate surface area is 103 Å². The maximum atomic E-state index is 10.0. The number of hydrogen-bond acceptors (Lipinski definition) is 1. The van der Waals surface area contributed by atoms with Crippen LogP contribution < -0.4 is 0 Å². The van der Waals surface area contributed by atoms with Crippen LogP contribution in [0.25, 0.3) is 0 Å². The van der Waals surface area contributed by atoms with Crippen LogP contribution in [0.15, 0.2) is 42.5 Å². The SMILES string of the molecule is CC(C)(C)/C=C/C(Cl)C(O)c1ccccc1. The average Bonchev–Trinajstić information content (AvgIpc) is 2.25. The molecule has 2 heteroatoms. The molecule has 0 aliphatic rings. The van der Waals surface area contributed by atoms with Crippen LogP contribution in [0.3, 0.4) is 0 Å². The van der Waals surface area contributed by atoms with Gasteiger partial charge in [-0.15, -0.1) is 11.6 Å². The predicted octanol–water partition coefficient (Wildman–Crippen LogP) is 3.93. The molecule has 0 bridgehead atoms. The number of benzene rings is 1. The van der Waals surface area contributed by atoms with Crippen LogP contribution in [0.5, 0.6) is 0 Å². The Bertz CT molecular complexity index is 338. The minimum atomic E-state index is -0.651. The highest BCUT2D eigenvalue weighted by molar-refractivity contribution is 6.22. The molecule has 1 rings (SSSR count). The van der Waals surface area contributed by atoms with Crippen LogP contribution >= 0.6 is 11.6 Å². The maximum absolute atomic E-state index is 10.0. The van der Waals surface area contributed by atoms with Gasteiger partial charge in [-0.2, -0.15) is 0 Å². The summed E-state index contributed by atoms with van der Waals surface area (Å²) >= 11 is 6.14. The third-order valence-corrected chi connectivity index (χ3v) is 2.61. The van der Waals surface area contributed by atoms with Crippen molar-refractivity contribution in [3.05, 3.63) is 48.0 Å². The van der Waals surface area contributed by atoms with E-state index in [2.05, 4.69) is 20.8 Å². The van der Waals surface area contributed by atoms with E-state index < -0.39 is 6.10 Å². The molecular formula is C14H19ClO. The molecule has 0 spiro atoms. The van der Waals surface area contributed by atoms with Gasteiger partial charge in [-0.1, -0.05) is 63.3 Å². The molecule has 1 aromatic carbocycles. The molecule has 0 aliphatic carbocycles. The van der Waals surface area contributed by atoms with Crippen molar-refractivity contribution in [3.8, 4) is 0 Å². The van der Waals surface area contributed by atoms with Crippen LogP contribution in [0.2, 0.25) is 0 Å².